The molecule has 1 rings (SSSR count). The second-order valence-electron chi connectivity index (χ2n) is 4.98. The maximum absolute atomic E-state index is 14.2. The van der Waals surface area contributed by atoms with Crippen LogP contribution >= 0.6 is 0 Å². The van der Waals surface area contributed by atoms with Crippen molar-refractivity contribution in [1.29, 1.82) is 0 Å². The van der Waals surface area contributed by atoms with Crippen molar-refractivity contribution in [3.05, 3.63) is 0 Å². The topological polar surface area (TPSA) is 162 Å². The van der Waals surface area contributed by atoms with Gasteiger partial charge in [-0.25, -0.2) is 9.18 Å². The minimum absolute atomic E-state index is 0.728. The molecule has 128 valence electrons. The number of halogens is 2. The van der Waals surface area contributed by atoms with Gasteiger partial charge < -0.3 is 36.2 Å². The minimum Gasteiger partial charge on any atom is -0.477 e. The van der Waals surface area contributed by atoms with Crippen LogP contribution in [0, 0.1) is 0 Å². The summed E-state index contributed by atoms with van der Waals surface area (Å²) >= 11 is 0. The first-order valence-corrected chi connectivity index (χ1v) is 6.30. The predicted molar refractivity (Wildman–Crippen MR) is 65.9 cm³/mol. The van der Waals surface area contributed by atoms with E-state index in [-0.39, 0.29) is 0 Å². The summed E-state index contributed by atoms with van der Waals surface area (Å²) in [5, 5.41) is 38.9. The quantitative estimate of drug-likeness (QED) is 0.311. The Morgan fingerprint density at radius 3 is 2.41 bits per heavy atom. The molecule has 0 unspecified atom stereocenters. The van der Waals surface area contributed by atoms with Gasteiger partial charge in [0.15, 0.2) is 6.17 Å². The van der Waals surface area contributed by atoms with E-state index in [1.807, 2.05) is 0 Å². The normalized spacial score (nSPS) is 38.1. The second-order valence-corrected chi connectivity index (χ2v) is 4.98. The number of carbonyl (C=O) groups is 2. The first-order chi connectivity index (χ1) is 10.1. The van der Waals surface area contributed by atoms with Gasteiger partial charge in [0.1, 0.15) is 18.3 Å². The van der Waals surface area contributed by atoms with Crippen LogP contribution in [-0.2, 0) is 14.3 Å². The van der Waals surface area contributed by atoms with Crippen molar-refractivity contribution in [2.24, 2.45) is 5.73 Å². The number of hydrogen-bond acceptors (Lipinski definition) is 7. The van der Waals surface area contributed by atoms with Crippen LogP contribution in [0.1, 0.15) is 6.92 Å². The standard InChI is InChI=1S/C11H18F2N2O7/c1-3(17)15-6-5(14)9(12)11(13,10(20)21)22-8(6)7(19)4(18)2-16/h4-9,16,18-19H,2,14H2,1H3,(H,15,17)(H,20,21)/t4-,5-,6-,7-,8-,9-,11-/m1/s1. The minimum atomic E-state index is -3.87. The number of nitrogens with two attached hydrogens (primary N) is 1. The number of carbonyl (C=O) groups excluding carboxylic acids is 1. The average molecular weight is 328 g/mol. The highest BCUT2D eigenvalue weighted by atomic mass is 19.2. The van der Waals surface area contributed by atoms with Crippen molar-refractivity contribution < 1.29 is 43.5 Å². The zero-order valence-electron chi connectivity index (χ0n) is 11.5. The van der Waals surface area contributed by atoms with Crippen LogP contribution in [0.5, 0.6) is 0 Å². The molecule has 0 aromatic carbocycles. The van der Waals surface area contributed by atoms with Crippen molar-refractivity contribution >= 4 is 11.9 Å². The van der Waals surface area contributed by atoms with Crippen molar-refractivity contribution in [3.63, 3.8) is 0 Å². The molecule has 0 saturated carbocycles. The lowest BCUT2D eigenvalue weighted by atomic mass is 9.86. The monoisotopic (exact) mass is 328 g/mol. The summed E-state index contributed by atoms with van der Waals surface area (Å²) in [7, 11) is 0. The van der Waals surface area contributed by atoms with E-state index in [2.05, 4.69) is 10.1 Å². The van der Waals surface area contributed by atoms with Crippen molar-refractivity contribution in [2.45, 2.75) is 49.3 Å². The van der Waals surface area contributed by atoms with Crippen LogP contribution in [0.4, 0.5) is 8.78 Å². The molecule has 1 saturated heterocycles. The molecule has 7 N–H and O–H groups in total. The number of nitrogens with one attached hydrogen (secondary N) is 1. The molecule has 0 bridgehead atoms. The smallest absolute Gasteiger partial charge is 0.372 e. The van der Waals surface area contributed by atoms with Gasteiger partial charge in [-0.1, -0.05) is 0 Å². The van der Waals surface area contributed by atoms with Crippen LogP contribution in [0.3, 0.4) is 0 Å². The molecule has 22 heavy (non-hydrogen) atoms. The summed E-state index contributed by atoms with van der Waals surface area (Å²) in [6.07, 6.45) is -8.59. The fourth-order valence-corrected chi connectivity index (χ4v) is 2.18. The lowest BCUT2D eigenvalue weighted by Crippen LogP contribution is -2.73. The first-order valence-electron chi connectivity index (χ1n) is 6.30. The van der Waals surface area contributed by atoms with Crippen LogP contribution in [0.2, 0.25) is 0 Å². The Bertz CT molecular complexity index is 441. The number of amides is 1. The van der Waals surface area contributed by atoms with Crippen molar-refractivity contribution in [1.82, 2.24) is 5.32 Å². The Labute approximate surface area is 123 Å². The molecule has 1 fully saturated rings. The van der Waals surface area contributed by atoms with Crippen LogP contribution in [0.25, 0.3) is 0 Å². The molecule has 11 heteroatoms. The summed E-state index contributed by atoms with van der Waals surface area (Å²) in [5.41, 5.74) is 5.43. The van der Waals surface area contributed by atoms with E-state index in [4.69, 9.17) is 15.9 Å². The third-order valence-corrected chi connectivity index (χ3v) is 3.35. The molecule has 0 aromatic heterocycles. The summed E-state index contributed by atoms with van der Waals surface area (Å²) in [6.45, 7) is 0.0643. The number of aliphatic hydroxyl groups excluding tert-OH is 3. The highest BCUT2D eigenvalue weighted by Crippen LogP contribution is 2.34. The molecule has 0 radical (unpaired) electrons. The maximum atomic E-state index is 14.2. The van der Waals surface area contributed by atoms with Crippen molar-refractivity contribution in [2.75, 3.05) is 6.61 Å². The van der Waals surface area contributed by atoms with Gasteiger partial charge in [-0.3, -0.25) is 4.79 Å². The number of hydrogen-bond donors (Lipinski definition) is 6. The second kappa shape index (κ2) is 6.79. The third kappa shape index (κ3) is 3.33. The van der Waals surface area contributed by atoms with Gasteiger partial charge in [-0.15, -0.1) is 0 Å². The third-order valence-electron chi connectivity index (χ3n) is 3.35. The predicted octanol–water partition coefficient (Wildman–Crippen LogP) is -2.98. The highest BCUT2D eigenvalue weighted by Gasteiger charge is 2.62. The number of aliphatic carboxylic acids is 1. The van der Waals surface area contributed by atoms with E-state index in [0.29, 0.717) is 0 Å². The Kier molecular flexibility index (Phi) is 5.76. The Morgan fingerprint density at radius 1 is 1.45 bits per heavy atom. The number of carboxylic acid groups (broad SMARTS) is 1. The van der Waals surface area contributed by atoms with Gasteiger partial charge >= 0.3 is 11.8 Å². The molecular weight excluding hydrogens is 310 g/mol. The van der Waals surface area contributed by atoms with E-state index in [9.17, 15) is 28.6 Å². The van der Waals surface area contributed by atoms with Crippen LogP contribution in [-0.4, -0.2) is 81.3 Å². The first kappa shape index (κ1) is 18.6. The van der Waals surface area contributed by atoms with Crippen molar-refractivity contribution in [3.8, 4) is 0 Å². The fourth-order valence-electron chi connectivity index (χ4n) is 2.18. The number of carboxylic acids is 1. The Morgan fingerprint density at radius 2 is 2.00 bits per heavy atom. The molecule has 1 heterocycles. The van der Waals surface area contributed by atoms with Gasteiger partial charge in [0, 0.05) is 6.92 Å². The molecule has 7 atom stereocenters. The summed E-state index contributed by atoms with van der Waals surface area (Å²) in [6, 6.07) is -3.39. The Balaban J connectivity index is 3.19. The highest BCUT2D eigenvalue weighted by molar-refractivity contribution is 5.77. The molecule has 1 aliphatic rings. The lowest BCUT2D eigenvalue weighted by Gasteiger charge is -2.45. The zero-order valence-corrected chi connectivity index (χ0v) is 11.5. The van der Waals surface area contributed by atoms with Crippen LogP contribution in [0.15, 0.2) is 0 Å². The average Bonchev–Trinajstić information content (AvgIpc) is 2.45. The molecule has 9 nitrogen and oxygen atoms in total. The molecule has 0 aliphatic carbocycles. The summed E-state index contributed by atoms with van der Waals surface area (Å²) in [5.74, 6) is -6.91. The largest absolute Gasteiger partial charge is 0.477 e. The molecular formula is C11H18F2N2O7. The molecule has 1 amide bonds. The number of ether oxygens (including phenoxy) is 1. The summed E-state index contributed by atoms with van der Waals surface area (Å²) < 4.78 is 32.6. The number of alkyl halides is 2. The Hall–Kier alpha value is -1.40. The van der Waals surface area contributed by atoms with Gasteiger partial charge in [-0.05, 0) is 0 Å². The number of aliphatic hydroxyl groups is 3. The molecule has 0 spiro atoms. The van der Waals surface area contributed by atoms with E-state index >= 15 is 0 Å². The maximum Gasteiger partial charge on any atom is 0.372 e. The van der Waals surface area contributed by atoms with E-state index in [0.717, 1.165) is 6.92 Å². The molecule has 1 aliphatic heterocycles. The lowest BCUT2D eigenvalue weighted by molar-refractivity contribution is -0.276. The molecule has 0 aromatic rings. The van der Waals surface area contributed by atoms with E-state index < -0.39 is 60.9 Å². The van der Waals surface area contributed by atoms with Gasteiger partial charge in [0.2, 0.25) is 5.91 Å². The van der Waals surface area contributed by atoms with E-state index in [1.165, 1.54) is 0 Å². The van der Waals surface area contributed by atoms with E-state index in [1.54, 1.807) is 0 Å². The van der Waals surface area contributed by atoms with Gasteiger partial charge in [0.05, 0.1) is 18.7 Å². The van der Waals surface area contributed by atoms with Crippen LogP contribution < -0.4 is 11.1 Å². The number of rotatable bonds is 5. The zero-order chi connectivity index (χ0) is 17.2. The fraction of sp³-hybridized carbons (Fsp3) is 0.818. The van der Waals surface area contributed by atoms with Gasteiger partial charge in [0.25, 0.3) is 0 Å². The SMILES string of the molecule is CC(=O)N[C@@H]1[C@@H](N)[C@@H](F)[C@](F)(C(=O)O)O[C@H]1[C@H](O)[C@H](O)CO. The van der Waals surface area contributed by atoms with Gasteiger partial charge in [-0.2, -0.15) is 4.39 Å². The summed E-state index contributed by atoms with van der Waals surface area (Å²) in [4.78, 5) is 22.0.